The van der Waals surface area contributed by atoms with Gasteiger partial charge in [-0.2, -0.15) is 0 Å². The molecule has 2 heterocycles. The van der Waals surface area contributed by atoms with E-state index >= 15 is 0 Å². The van der Waals surface area contributed by atoms with E-state index in [0.29, 0.717) is 29.7 Å². The number of aromatic hydroxyl groups is 1. The lowest BCUT2D eigenvalue weighted by molar-refractivity contribution is -0.0916. The Morgan fingerprint density at radius 1 is 1.07 bits per heavy atom. The molecule has 4 aliphatic rings. The van der Waals surface area contributed by atoms with Gasteiger partial charge in [-0.05, 0) is 117 Å². The summed E-state index contributed by atoms with van der Waals surface area (Å²) in [4.78, 5) is 14.8. The number of aromatic nitrogens is 2. The molecule has 210 valence electrons. The molecule has 0 spiro atoms. The molecule has 1 aliphatic heterocycles. The Morgan fingerprint density at radius 2 is 1.85 bits per heavy atom. The second-order valence-electron chi connectivity index (χ2n) is 13.2. The first-order valence-corrected chi connectivity index (χ1v) is 15.1. The highest BCUT2D eigenvalue weighted by Gasteiger charge is 2.73. The number of likely N-dealkylation sites (tertiary alicyclic amines) is 1. The van der Waals surface area contributed by atoms with Gasteiger partial charge in [0.25, 0.3) is 0 Å². The van der Waals surface area contributed by atoms with E-state index < -0.39 is 0 Å². The SMILES string of the molecule is Cc1cc(C)nc(N(C)C2CCC34C[C@H](C)C2C32CCN(CCc3ccccc3F)C4Cc3ccc(O)cc32)n1. The lowest BCUT2D eigenvalue weighted by Gasteiger charge is -2.67. The minimum absolute atomic E-state index is 0.00789. The molecule has 1 saturated heterocycles. The fourth-order valence-electron chi connectivity index (χ4n) is 10.1. The van der Waals surface area contributed by atoms with Gasteiger partial charge in [0.15, 0.2) is 0 Å². The van der Waals surface area contributed by atoms with Crippen molar-refractivity contribution >= 4 is 5.95 Å². The number of aryl methyl sites for hydroxylation is 2. The number of piperidine rings is 1. The molecule has 3 aromatic rings. The van der Waals surface area contributed by atoms with Crippen LogP contribution in [0.4, 0.5) is 10.3 Å². The highest BCUT2D eigenvalue weighted by atomic mass is 19.1. The van der Waals surface area contributed by atoms with Crippen LogP contribution in [-0.2, 0) is 18.3 Å². The minimum Gasteiger partial charge on any atom is -0.508 e. The molecule has 5 nitrogen and oxygen atoms in total. The standard InChI is InChI=1S/C34H41FN4O/c1-21-20-33-13-11-29(38(4)32-36-22(2)17-23(3)37-32)31(21)34(33)14-16-39(15-12-24-7-5-6-8-28(24)35)30(33)18-25-9-10-26(40)19-27(25)34/h5-10,17,19,21,29-31,40H,11-16,18,20H2,1-4H3/t21-,29?,30?,31?,33?,34?/m0/s1. The maximum Gasteiger partial charge on any atom is 0.225 e. The maximum absolute atomic E-state index is 14.5. The smallest absolute Gasteiger partial charge is 0.225 e. The zero-order valence-electron chi connectivity index (χ0n) is 24.2. The first-order chi connectivity index (χ1) is 19.2. The third-order valence-electron chi connectivity index (χ3n) is 11.3. The van der Waals surface area contributed by atoms with Gasteiger partial charge in [-0.25, -0.2) is 14.4 Å². The van der Waals surface area contributed by atoms with Crippen LogP contribution < -0.4 is 4.90 Å². The molecule has 0 amide bonds. The highest BCUT2D eigenvalue weighted by Crippen LogP contribution is 2.73. The first-order valence-electron chi connectivity index (χ1n) is 15.1. The topological polar surface area (TPSA) is 52.5 Å². The van der Waals surface area contributed by atoms with Gasteiger partial charge in [-0.3, -0.25) is 4.90 Å². The quantitative estimate of drug-likeness (QED) is 0.431. The van der Waals surface area contributed by atoms with Gasteiger partial charge in [0, 0.05) is 42.5 Å². The zero-order valence-corrected chi connectivity index (χ0v) is 24.2. The van der Waals surface area contributed by atoms with Crippen LogP contribution in [0, 0.1) is 36.9 Å². The third-order valence-corrected chi connectivity index (χ3v) is 11.3. The lowest BCUT2D eigenvalue weighted by atomic mass is 9.43. The van der Waals surface area contributed by atoms with Crippen molar-refractivity contribution < 1.29 is 9.50 Å². The summed E-state index contributed by atoms with van der Waals surface area (Å²) in [7, 11) is 2.20. The molecule has 40 heavy (non-hydrogen) atoms. The van der Waals surface area contributed by atoms with Gasteiger partial charge in [-0.1, -0.05) is 31.2 Å². The molecule has 2 saturated carbocycles. The summed E-state index contributed by atoms with van der Waals surface area (Å²) in [6, 6.07) is 16.2. The van der Waals surface area contributed by atoms with Crippen molar-refractivity contribution in [2.45, 2.75) is 76.8 Å². The number of fused-ring (bicyclic) bond motifs is 1. The average Bonchev–Trinajstić information content (AvgIpc) is 3.09. The number of rotatable bonds is 5. The second-order valence-corrected chi connectivity index (χ2v) is 13.2. The summed E-state index contributed by atoms with van der Waals surface area (Å²) in [6.45, 7) is 8.47. The molecule has 5 unspecified atom stereocenters. The maximum atomic E-state index is 14.5. The van der Waals surface area contributed by atoms with E-state index in [1.54, 1.807) is 12.1 Å². The van der Waals surface area contributed by atoms with Crippen molar-refractivity contribution in [1.82, 2.24) is 14.9 Å². The summed E-state index contributed by atoms with van der Waals surface area (Å²) in [5.41, 5.74) is 5.78. The van der Waals surface area contributed by atoms with E-state index in [-0.39, 0.29) is 16.6 Å². The van der Waals surface area contributed by atoms with Gasteiger partial charge in [0.2, 0.25) is 5.95 Å². The van der Waals surface area contributed by atoms with Crippen LogP contribution in [0.5, 0.6) is 5.75 Å². The average molecular weight is 541 g/mol. The number of phenolic OH excluding ortho intramolecular Hbond substituents is 1. The molecule has 1 aromatic heterocycles. The van der Waals surface area contributed by atoms with E-state index in [0.717, 1.165) is 68.1 Å². The molecule has 0 radical (unpaired) electrons. The monoisotopic (exact) mass is 540 g/mol. The van der Waals surface area contributed by atoms with E-state index in [2.05, 4.69) is 49.8 Å². The van der Waals surface area contributed by atoms with Gasteiger partial charge in [0.05, 0.1) is 0 Å². The Balaban J connectivity index is 1.30. The molecule has 3 fully saturated rings. The van der Waals surface area contributed by atoms with Crippen molar-refractivity contribution in [3.05, 3.63) is 82.4 Å². The summed E-state index contributed by atoms with van der Waals surface area (Å²) in [5, 5.41) is 10.8. The summed E-state index contributed by atoms with van der Waals surface area (Å²) in [5.74, 6) is 2.11. The van der Waals surface area contributed by atoms with Crippen LogP contribution in [0.3, 0.4) is 0 Å². The molecule has 2 aromatic carbocycles. The number of hydrogen-bond donors (Lipinski definition) is 1. The predicted octanol–water partition coefficient (Wildman–Crippen LogP) is 5.99. The van der Waals surface area contributed by atoms with Crippen LogP contribution in [0.15, 0.2) is 48.5 Å². The normalized spacial score (nSPS) is 32.4. The Labute approximate surface area is 237 Å². The summed E-state index contributed by atoms with van der Waals surface area (Å²) >= 11 is 0. The van der Waals surface area contributed by atoms with Crippen LogP contribution in [0.25, 0.3) is 0 Å². The van der Waals surface area contributed by atoms with Crippen molar-refractivity contribution in [1.29, 1.82) is 0 Å². The van der Waals surface area contributed by atoms with Crippen molar-refractivity contribution in [3.63, 3.8) is 0 Å². The molecule has 7 rings (SSSR count). The van der Waals surface area contributed by atoms with Crippen LogP contribution >= 0.6 is 0 Å². The Morgan fingerprint density at radius 3 is 2.62 bits per heavy atom. The Hall–Kier alpha value is -2.99. The molecule has 4 bridgehead atoms. The van der Waals surface area contributed by atoms with Crippen molar-refractivity contribution in [2.24, 2.45) is 17.3 Å². The van der Waals surface area contributed by atoms with Crippen LogP contribution in [0.1, 0.15) is 60.7 Å². The molecule has 1 N–H and O–H groups in total. The highest BCUT2D eigenvalue weighted by molar-refractivity contribution is 5.51. The molecule has 3 aliphatic carbocycles. The lowest BCUT2D eigenvalue weighted by Crippen LogP contribution is -2.70. The summed E-state index contributed by atoms with van der Waals surface area (Å²) in [6.07, 6.45) is 6.30. The number of hydrogen-bond acceptors (Lipinski definition) is 5. The number of halogens is 1. The molecule has 6 heteroatoms. The van der Waals surface area contributed by atoms with Crippen molar-refractivity contribution in [3.8, 4) is 5.75 Å². The third kappa shape index (κ3) is 3.60. The number of nitrogens with zero attached hydrogens (tertiary/aromatic N) is 4. The molecular weight excluding hydrogens is 499 g/mol. The van der Waals surface area contributed by atoms with Gasteiger partial charge in [0.1, 0.15) is 11.6 Å². The van der Waals surface area contributed by atoms with Crippen LogP contribution in [-0.4, -0.2) is 52.2 Å². The molecular formula is C34H41FN4O. The minimum atomic E-state index is -0.0943. The van der Waals surface area contributed by atoms with E-state index in [1.165, 1.54) is 17.5 Å². The molecule has 6 atom stereocenters. The zero-order chi connectivity index (χ0) is 27.8. The fraction of sp³-hybridized carbons (Fsp3) is 0.529. The van der Waals surface area contributed by atoms with E-state index in [4.69, 9.17) is 9.97 Å². The number of phenols is 1. The van der Waals surface area contributed by atoms with Gasteiger partial charge in [-0.15, -0.1) is 0 Å². The Kier molecular flexibility index (Phi) is 6.01. The fourth-order valence-corrected chi connectivity index (χ4v) is 10.1. The largest absolute Gasteiger partial charge is 0.508 e. The Bertz CT molecular complexity index is 1440. The number of anilines is 1. The van der Waals surface area contributed by atoms with Gasteiger partial charge >= 0.3 is 0 Å². The van der Waals surface area contributed by atoms with Crippen LogP contribution in [0.2, 0.25) is 0 Å². The van der Waals surface area contributed by atoms with E-state index in [1.807, 2.05) is 24.3 Å². The first kappa shape index (κ1) is 25.9. The summed E-state index contributed by atoms with van der Waals surface area (Å²) < 4.78 is 14.5. The second kappa shape index (κ2) is 9.27. The predicted molar refractivity (Wildman–Crippen MR) is 156 cm³/mol. The van der Waals surface area contributed by atoms with Crippen molar-refractivity contribution in [2.75, 3.05) is 25.0 Å². The van der Waals surface area contributed by atoms with Gasteiger partial charge < -0.3 is 10.0 Å². The number of benzene rings is 2. The van der Waals surface area contributed by atoms with E-state index in [9.17, 15) is 9.50 Å².